The predicted octanol–water partition coefficient (Wildman–Crippen LogP) is 4.37. The average Bonchev–Trinajstić information content (AvgIpc) is 3.31. The summed E-state index contributed by atoms with van der Waals surface area (Å²) >= 11 is 0. The molecule has 0 bridgehead atoms. The second kappa shape index (κ2) is 10.9. The molecular formula is C30H31N3O4S. The molecule has 2 heterocycles. The van der Waals surface area contributed by atoms with E-state index in [1.54, 1.807) is 47.4 Å². The molecule has 2 aliphatic rings. The van der Waals surface area contributed by atoms with Gasteiger partial charge < -0.3 is 15.1 Å². The molecule has 1 fully saturated rings. The van der Waals surface area contributed by atoms with Crippen LogP contribution < -0.4 is 10.2 Å². The van der Waals surface area contributed by atoms with E-state index in [9.17, 15) is 18.6 Å². The van der Waals surface area contributed by atoms with Gasteiger partial charge in [0.2, 0.25) is 5.91 Å². The molecule has 1 N–H and O–H groups in total. The SMILES string of the molecule is Cc1ccc(C)c(CN2C(=O)c3ccccc3[S@@](=O)c3ccc(C(=O)NCCCN4CCCC4=O)cc32)c1. The Morgan fingerprint density at radius 1 is 1.00 bits per heavy atom. The van der Waals surface area contributed by atoms with E-state index in [4.69, 9.17) is 0 Å². The van der Waals surface area contributed by atoms with Crippen molar-refractivity contribution in [3.05, 3.63) is 88.5 Å². The molecule has 38 heavy (non-hydrogen) atoms. The predicted molar refractivity (Wildman–Crippen MR) is 147 cm³/mol. The summed E-state index contributed by atoms with van der Waals surface area (Å²) < 4.78 is 13.6. The number of fused-ring (bicyclic) bond motifs is 2. The standard InChI is InChI=1S/C30H31N3O4S/c1-20-10-11-21(2)23(17-20)19-33-25-18-22(29(35)31-14-6-16-32-15-5-9-28(32)34)12-13-27(25)38(37)26-8-4-3-7-24(26)30(33)36/h3-4,7-8,10-13,17-18H,5-6,9,14-16,19H2,1-2H3,(H,31,35)/t38-/m1/s1. The molecule has 0 saturated carbocycles. The molecular weight excluding hydrogens is 498 g/mol. The van der Waals surface area contributed by atoms with Crippen LogP contribution in [-0.2, 0) is 22.1 Å². The van der Waals surface area contributed by atoms with Crippen LogP contribution in [-0.4, -0.2) is 46.5 Å². The highest BCUT2D eigenvalue weighted by Crippen LogP contribution is 2.36. The summed E-state index contributed by atoms with van der Waals surface area (Å²) in [7, 11) is -1.58. The Labute approximate surface area is 225 Å². The lowest BCUT2D eigenvalue weighted by Gasteiger charge is -2.24. The number of nitrogens with zero attached hydrogens (tertiary/aromatic N) is 2. The van der Waals surface area contributed by atoms with E-state index in [0.717, 1.165) is 29.7 Å². The van der Waals surface area contributed by atoms with Crippen molar-refractivity contribution in [1.29, 1.82) is 0 Å². The van der Waals surface area contributed by atoms with Gasteiger partial charge in [-0.05, 0) is 68.1 Å². The van der Waals surface area contributed by atoms with Gasteiger partial charge in [-0.3, -0.25) is 14.4 Å². The van der Waals surface area contributed by atoms with Crippen molar-refractivity contribution in [2.75, 3.05) is 24.5 Å². The Hall–Kier alpha value is -3.78. The summed E-state index contributed by atoms with van der Waals surface area (Å²) in [5, 5.41) is 2.92. The van der Waals surface area contributed by atoms with Crippen LogP contribution >= 0.6 is 0 Å². The summed E-state index contributed by atoms with van der Waals surface area (Å²) in [5.41, 5.74) is 4.38. The van der Waals surface area contributed by atoms with Gasteiger partial charge in [0, 0.05) is 31.6 Å². The fourth-order valence-electron chi connectivity index (χ4n) is 5.02. The van der Waals surface area contributed by atoms with Crippen molar-refractivity contribution in [3.8, 4) is 0 Å². The lowest BCUT2D eigenvalue weighted by molar-refractivity contribution is -0.127. The fraction of sp³-hybridized carbons (Fsp3) is 0.300. The third-order valence-electron chi connectivity index (χ3n) is 7.17. The molecule has 3 amide bonds. The molecule has 1 saturated heterocycles. The quantitative estimate of drug-likeness (QED) is 0.461. The van der Waals surface area contributed by atoms with Gasteiger partial charge in [0.1, 0.15) is 0 Å². The van der Waals surface area contributed by atoms with Gasteiger partial charge in [0.15, 0.2) is 0 Å². The molecule has 2 aliphatic heterocycles. The lowest BCUT2D eigenvalue weighted by atomic mass is 10.0. The first kappa shape index (κ1) is 25.9. The highest BCUT2D eigenvalue weighted by Gasteiger charge is 2.32. The number of amides is 3. The average molecular weight is 530 g/mol. The molecule has 1 atom stereocenters. The van der Waals surface area contributed by atoms with E-state index in [1.807, 2.05) is 30.9 Å². The maximum absolute atomic E-state index is 13.8. The molecule has 8 heteroatoms. The van der Waals surface area contributed by atoms with Gasteiger partial charge in [-0.1, -0.05) is 35.9 Å². The number of carbonyl (C=O) groups excluding carboxylic acids is 3. The van der Waals surface area contributed by atoms with Gasteiger partial charge >= 0.3 is 0 Å². The van der Waals surface area contributed by atoms with Crippen molar-refractivity contribution in [1.82, 2.24) is 10.2 Å². The first-order valence-corrected chi connectivity index (χ1v) is 14.1. The van der Waals surface area contributed by atoms with Crippen LogP contribution in [0.15, 0.2) is 70.5 Å². The molecule has 0 aromatic heterocycles. The summed E-state index contributed by atoms with van der Waals surface area (Å²) in [4.78, 5) is 43.1. The van der Waals surface area contributed by atoms with Crippen LogP contribution in [0.5, 0.6) is 0 Å². The Balaban J connectivity index is 1.44. The topological polar surface area (TPSA) is 86.8 Å². The Morgan fingerprint density at radius 2 is 1.82 bits per heavy atom. The zero-order valence-electron chi connectivity index (χ0n) is 21.7. The van der Waals surface area contributed by atoms with Crippen LogP contribution in [0.1, 0.15) is 56.7 Å². The molecule has 3 aromatic carbocycles. The van der Waals surface area contributed by atoms with Crippen molar-refractivity contribution >= 4 is 34.2 Å². The Morgan fingerprint density at radius 3 is 2.61 bits per heavy atom. The third kappa shape index (κ3) is 5.13. The van der Waals surface area contributed by atoms with Crippen LogP contribution in [0.3, 0.4) is 0 Å². The second-order valence-corrected chi connectivity index (χ2v) is 11.3. The maximum atomic E-state index is 13.8. The van der Waals surface area contributed by atoms with Gasteiger partial charge in [0.05, 0.1) is 38.4 Å². The third-order valence-corrected chi connectivity index (χ3v) is 8.67. The number of carbonyl (C=O) groups is 3. The summed E-state index contributed by atoms with van der Waals surface area (Å²) in [5.74, 6) is -0.349. The van der Waals surface area contributed by atoms with Gasteiger partial charge in [-0.15, -0.1) is 0 Å². The second-order valence-electron chi connectivity index (χ2n) is 9.86. The van der Waals surface area contributed by atoms with E-state index >= 15 is 0 Å². The number of anilines is 1. The number of hydrogen-bond donors (Lipinski definition) is 1. The number of aryl methyl sites for hydroxylation is 2. The minimum Gasteiger partial charge on any atom is -0.352 e. The Bertz CT molecular complexity index is 1450. The van der Waals surface area contributed by atoms with Crippen molar-refractivity contribution < 1.29 is 18.6 Å². The van der Waals surface area contributed by atoms with Crippen molar-refractivity contribution in [2.45, 2.75) is 49.4 Å². The highest BCUT2D eigenvalue weighted by atomic mass is 32.2. The van der Waals surface area contributed by atoms with E-state index in [-0.39, 0.29) is 17.7 Å². The first-order valence-electron chi connectivity index (χ1n) is 12.9. The molecule has 0 unspecified atom stereocenters. The summed E-state index contributed by atoms with van der Waals surface area (Å²) in [6.45, 7) is 6.14. The van der Waals surface area contributed by atoms with E-state index in [0.29, 0.717) is 59.1 Å². The van der Waals surface area contributed by atoms with Crippen molar-refractivity contribution in [2.24, 2.45) is 0 Å². The number of benzene rings is 3. The van der Waals surface area contributed by atoms with Crippen LogP contribution in [0.2, 0.25) is 0 Å². The zero-order valence-corrected chi connectivity index (χ0v) is 22.5. The highest BCUT2D eigenvalue weighted by molar-refractivity contribution is 7.85. The molecule has 196 valence electrons. The van der Waals surface area contributed by atoms with E-state index in [2.05, 4.69) is 11.4 Å². The number of hydrogen-bond acceptors (Lipinski definition) is 4. The largest absolute Gasteiger partial charge is 0.352 e. The van der Waals surface area contributed by atoms with Gasteiger partial charge in [-0.2, -0.15) is 0 Å². The van der Waals surface area contributed by atoms with Gasteiger partial charge in [0.25, 0.3) is 11.8 Å². The molecule has 3 aromatic rings. The minimum absolute atomic E-state index is 0.171. The fourth-order valence-corrected chi connectivity index (χ4v) is 6.36. The number of rotatable bonds is 7. The Kier molecular flexibility index (Phi) is 7.42. The minimum atomic E-state index is -1.58. The van der Waals surface area contributed by atoms with Crippen LogP contribution in [0, 0.1) is 13.8 Å². The maximum Gasteiger partial charge on any atom is 0.259 e. The van der Waals surface area contributed by atoms with Gasteiger partial charge in [-0.25, -0.2) is 4.21 Å². The zero-order chi connectivity index (χ0) is 26.8. The normalized spacial score (nSPS) is 16.7. The first-order chi connectivity index (χ1) is 18.3. The molecule has 5 rings (SSSR count). The number of likely N-dealkylation sites (tertiary alicyclic amines) is 1. The molecule has 0 spiro atoms. The van der Waals surface area contributed by atoms with Crippen molar-refractivity contribution in [3.63, 3.8) is 0 Å². The lowest BCUT2D eigenvalue weighted by Crippen LogP contribution is -2.32. The molecule has 0 aliphatic carbocycles. The summed E-state index contributed by atoms with van der Waals surface area (Å²) in [6.07, 6.45) is 2.16. The summed E-state index contributed by atoms with van der Waals surface area (Å²) in [6, 6.07) is 18.1. The van der Waals surface area contributed by atoms with Crippen LogP contribution in [0.4, 0.5) is 5.69 Å². The monoisotopic (exact) mass is 529 g/mol. The van der Waals surface area contributed by atoms with E-state index < -0.39 is 10.8 Å². The molecule has 0 radical (unpaired) electrons. The van der Waals surface area contributed by atoms with E-state index in [1.165, 1.54) is 0 Å². The molecule has 7 nitrogen and oxygen atoms in total. The number of nitrogens with one attached hydrogen (secondary N) is 1. The smallest absolute Gasteiger partial charge is 0.259 e. The van der Waals surface area contributed by atoms with Crippen LogP contribution in [0.25, 0.3) is 0 Å².